The van der Waals surface area contributed by atoms with E-state index in [0.717, 1.165) is 12.5 Å². The van der Waals surface area contributed by atoms with Gasteiger partial charge in [0.15, 0.2) is 0 Å². The first-order valence-corrected chi connectivity index (χ1v) is 9.17. The van der Waals surface area contributed by atoms with Crippen molar-refractivity contribution in [3.05, 3.63) is 35.4 Å². The van der Waals surface area contributed by atoms with Crippen LogP contribution in [0.3, 0.4) is 0 Å². The Hall–Kier alpha value is -0.820. The molecule has 1 unspecified atom stereocenters. The fraction of sp³-hybridized carbons (Fsp3) is 0.700. The monoisotopic (exact) mass is 287 g/mol. The Balaban J connectivity index is 2.05. The maximum Gasteiger partial charge on any atom is 0.0348 e. The first-order valence-electron chi connectivity index (χ1n) is 9.17. The zero-order valence-electron chi connectivity index (χ0n) is 14.0. The first kappa shape index (κ1) is 16.5. The Morgan fingerprint density at radius 3 is 2.24 bits per heavy atom. The predicted molar refractivity (Wildman–Crippen MR) is 92.7 cm³/mol. The number of aryl methyl sites for hydroxylation is 1. The van der Waals surface area contributed by atoms with Gasteiger partial charge >= 0.3 is 0 Å². The van der Waals surface area contributed by atoms with Gasteiger partial charge in [-0.15, -0.1) is 0 Å². The Morgan fingerprint density at radius 2 is 1.67 bits per heavy atom. The highest BCUT2D eigenvalue weighted by Crippen LogP contribution is 2.33. The fourth-order valence-electron chi connectivity index (χ4n) is 3.69. The van der Waals surface area contributed by atoms with Gasteiger partial charge in [0, 0.05) is 6.04 Å². The average molecular weight is 287 g/mol. The van der Waals surface area contributed by atoms with E-state index in [4.69, 9.17) is 0 Å². The van der Waals surface area contributed by atoms with E-state index in [1.54, 1.807) is 0 Å². The standard InChI is InChI=1S/C20H33N/c1-3-5-10-17-13-15-19(16-14-17)20(21-4-2)18-11-8-6-7-9-12-18/h13-16,18,20-21H,3-12H2,1-2H3. The molecule has 21 heavy (non-hydrogen) atoms. The van der Waals surface area contributed by atoms with Crippen LogP contribution in [-0.4, -0.2) is 6.54 Å². The van der Waals surface area contributed by atoms with Gasteiger partial charge in [0.1, 0.15) is 0 Å². The smallest absolute Gasteiger partial charge is 0.0348 e. The maximum atomic E-state index is 3.76. The van der Waals surface area contributed by atoms with Gasteiger partial charge in [-0.3, -0.25) is 0 Å². The van der Waals surface area contributed by atoms with E-state index in [1.807, 2.05) is 0 Å². The quantitative estimate of drug-likeness (QED) is 0.639. The molecule has 1 nitrogen and oxygen atoms in total. The van der Waals surface area contributed by atoms with Crippen molar-refractivity contribution in [3.63, 3.8) is 0 Å². The Labute approximate surface area is 131 Å². The largest absolute Gasteiger partial charge is 0.310 e. The van der Waals surface area contributed by atoms with E-state index in [-0.39, 0.29) is 0 Å². The summed E-state index contributed by atoms with van der Waals surface area (Å²) in [5.74, 6) is 0.828. The van der Waals surface area contributed by atoms with Crippen LogP contribution >= 0.6 is 0 Å². The molecule has 0 spiro atoms. The van der Waals surface area contributed by atoms with Crippen LogP contribution in [0.4, 0.5) is 0 Å². The van der Waals surface area contributed by atoms with Crippen molar-refractivity contribution in [2.45, 2.75) is 77.7 Å². The van der Waals surface area contributed by atoms with Gasteiger partial charge in [-0.1, -0.05) is 70.2 Å². The van der Waals surface area contributed by atoms with Crippen LogP contribution in [-0.2, 0) is 6.42 Å². The highest BCUT2D eigenvalue weighted by atomic mass is 14.9. The summed E-state index contributed by atoms with van der Waals surface area (Å²) >= 11 is 0. The lowest BCUT2D eigenvalue weighted by Crippen LogP contribution is -2.28. The van der Waals surface area contributed by atoms with Crippen LogP contribution in [0, 0.1) is 5.92 Å². The molecule has 1 aliphatic rings. The lowest BCUT2D eigenvalue weighted by atomic mass is 9.86. The third kappa shape index (κ3) is 5.14. The first-order chi connectivity index (χ1) is 10.3. The van der Waals surface area contributed by atoms with E-state index < -0.39 is 0 Å². The van der Waals surface area contributed by atoms with Crippen LogP contribution in [0.15, 0.2) is 24.3 Å². The second-order valence-corrected chi connectivity index (χ2v) is 6.63. The molecular weight excluding hydrogens is 254 g/mol. The van der Waals surface area contributed by atoms with Crippen LogP contribution in [0.1, 0.15) is 82.4 Å². The number of rotatable bonds is 7. The lowest BCUT2D eigenvalue weighted by molar-refractivity contribution is 0.330. The van der Waals surface area contributed by atoms with Crippen molar-refractivity contribution in [2.24, 2.45) is 5.92 Å². The molecule has 2 rings (SSSR count). The van der Waals surface area contributed by atoms with Gasteiger partial charge in [-0.2, -0.15) is 0 Å². The molecule has 0 saturated heterocycles. The fourth-order valence-corrected chi connectivity index (χ4v) is 3.69. The van der Waals surface area contributed by atoms with E-state index in [1.165, 1.54) is 68.9 Å². The van der Waals surface area contributed by atoms with Gasteiger partial charge in [-0.05, 0) is 49.3 Å². The van der Waals surface area contributed by atoms with E-state index in [9.17, 15) is 0 Å². The number of hydrogen-bond acceptors (Lipinski definition) is 1. The van der Waals surface area contributed by atoms with E-state index in [0.29, 0.717) is 6.04 Å². The van der Waals surface area contributed by atoms with Crippen LogP contribution < -0.4 is 5.32 Å². The molecule has 1 aliphatic carbocycles. The summed E-state index contributed by atoms with van der Waals surface area (Å²) in [5, 5.41) is 3.76. The molecule has 0 amide bonds. The van der Waals surface area contributed by atoms with Crippen molar-refractivity contribution in [1.82, 2.24) is 5.32 Å². The minimum Gasteiger partial charge on any atom is -0.310 e. The van der Waals surface area contributed by atoms with Crippen molar-refractivity contribution in [2.75, 3.05) is 6.54 Å². The Bertz CT molecular complexity index is 373. The summed E-state index contributed by atoms with van der Waals surface area (Å²) in [6.45, 7) is 5.57. The molecule has 1 saturated carbocycles. The summed E-state index contributed by atoms with van der Waals surface area (Å²) in [6.07, 6.45) is 12.3. The molecule has 0 aliphatic heterocycles. The van der Waals surface area contributed by atoms with E-state index in [2.05, 4.69) is 43.4 Å². The van der Waals surface area contributed by atoms with Gasteiger partial charge in [-0.25, -0.2) is 0 Å². The van der Waals surface area contributed by atoms with Gasteiger partial charge in [0.25, 0.3) is 0 Å². The number of benzene rings is 1. The van der Waals surface area contributed by atoms with Crippen molar-refractivity contribution in [3.8, 4) is 0 Å². The third-order valence-corrected chi connectivity index (χ3v) is 4.95. The highest BCUT2D eigenvalue weighted by Gasteiger charge is 2.23. The van der Waals surface area contributed by atoms with Crippen LogP contribution in [0.5, 0.6) is 0 Å². The molecule has 1 N–H and O–H groups in total. The molecule has 0 aromatic heterocycles. The molecule has 1 fully saturated rings. The summed E-state index contributed by atoms with van der Waals surface area (Å²) in [5.41, 5.74) is 3.00. The summed E-state index contributed by atoms with van der Waals surface area (Å²) < 4.78 is 0. The second-order valence-electron chi connectivity index (χ2n) is 6.63. The Morgan fingerprint density at radius 1 is 1.00 bits per heavy atom. The molecule has 1 atom stereocenters. The molecule has 118 valence electrons. The lowest BCUT2D eigenvalue weighted by Gasteiger charge is -2.27. The third-order valence-electron chi connectivity index (χ3n) is 4.95. The van der Waals surface area contributed by atoms with Crippen LogP contribution in [0.2, 0.25) is 0 Å². The normalized spacial score (nSPS) is 18.4. The second kappa shape index (κ2) is 9.25. The summed E-state index contributed by atoms with van der Waals surface area (Å²) in [6, 6.07) is 10.0. The number of hydrogen-bond donors (Lipinski definition) is 1. The maximum absolute atomic E-state index is 3.76. The summed E-state index contributed by atoms with van der Waals surface area (Å²) in [7, 11) is 0. The number of unbranched alkanes of at least 4 members (excludes halogenated alkanes) is 1. The molecular formula is C20H33N. The molecule has 1 heteroatoms. The minimum absolute atomic E-state index is 0.563. The Kier molecular flexibility index (Phi) is 7.29. The topological polar surface area (TPSA) is 12.0 Å². The van der Waals surface area contributed by atoms with Gasteiger partial charge in [0.05, 0.1) is 0 Å². The molecule has 1 aromatic rings. The van der Waals surface area contributed by atoms with E-state index >= 15 is 0 Å². The minimum atomic E-state index is 0.563. The molecule has 0 bridgehead atoms. The van der Waals surface area contributed by atoms with Crippen molar-refractivity contribution < 1.29 is 0 Å². The van der Waals surface area contributed by atoms with Crippen LogP contribution in [0.25, 0.3) is 0 Å². The highest BCUT2D eigenvalue weighted by molar-refractivity contribution is 5.25. The predicted octanol–water partition coefficient (Wildman–Crippen LogP) is 5.65. The molecule has 0 radical (unpaired) electrons. The number of nitrogens with one attached hydrogen (secondary N) is 1. The SMILES string of the molecule is CCCCc1ccc(C(NCC)C2CCCCCC2)cc1. The van der Waals surface area contributed by atoms with Gasteiger partial charge in [0.2, 0.25) is 0 Å². The van der Waals surface area contributed by atoms with Gasteiger partial charge < -0.3 is 5.32 Å². The summed E-state index contributed by atoms with van der Waals surface area (Å²) in [4.78, 5) is 0. The average Bonchev–Trinajstić information content (AvgIpc) is 2.80. The molecule has 1 aromatic carbocycles. The van der Waals surface area contributed by atoms with Crippen molar-refractivity contribution >= 4 is 0 Å². The zero-order chi connectivity index (χ0) is 14.9. The van der Waals surface area contributed by atoms with Crippen molar-refractivity contribution in [1.29, 1.82) is 0 Å². The zero-order valence-corrected chi connectivity index (χ0v) is 14.0. The molecule has 0 heterocycles.